The smallest absolute Gasteiger partial charge is 0.193 e. The summed E-state index contributed by atoms with van der Waals surface area (Å²) in [5, 5.41) is 2.02. The highest BCUT2D eigenvalue weighted by Gasteiger charge is 2.07. The summed E-state index contributed by atoms with van der Waals surface area (Å²) in [4.78, 5) is 5.49. The van der Waals surface area contributed by atoms with Gasteiger partial charge in [-0.05, 0) is 31.0 Å². The zero-order valence-electron chi connectivity index (χ0n) is 11.5. The molecular weight excluding hydrogens is 270 g/mol. The lowest BCUT2D eigenvalue weighted by Crippen LogP contribution is -2.05. The number of nitrogens with zero attached hydrogens (tertiary/aromatic N) is 2. The molecular formula is C15H17N3OS. The van der Waals surface area contributed by atoms with E-state index in [1.165, 1.54) is 0 Å². The molecule has 0 aliphatic rings. The summed E-state index contributed by atoms with van der Waals surface area (Å²) in [6.45, 7) is 4.49. The molecule has 0 aliphatic carbocycles. The van der Waals surface area contributed by atoms with Crippen molar-refractivity contribution in [3.63, 3.8) is 0 Å². The van der Waals surface area contributed by atoms with Crippen LogP contribution in [-0.2, 0) is 6.61 Å². The Kier molecular flexibility index (Phi) is 3.46. The molecule has 2 heterocycles. The molecule has 2 N–H and O–H groups in total. The van der Waals surface area contributed by atoms with Gasteiger partial charge in [-0.15, -0.1) is 11.3 Å². The number of hydrogen-bond donors (Lipinski definition) is 1. The molecule has 2 aromatic heterocycles. The van der Waals surface area contributed by atoms with Crippen LogP contribution in [-0.4, -0.2) is 9.38 Å². The third-order valence-corrected chi connectivity index (χ3v) is 4.01. The van der Waals surface area contributed by atoms with Crippen LogP contribution in [0.1, 0.15) is 29.8 Å². The summed E-state index contributed by atoms with van der Waals surface area (Å²) < 4.78 is 7.85. The predicted molar refractivity (Wildman–Crippen MR) is 81.2 cm³/mol. The molecule has 0 unspecified atom stereocenters. The van der Waals surface area contributed by atoms with Gasteiger partial charge in [0.1, 0.15) is 12.4 Å². The molecule has 0 bridgehead atoms. The van der Waals surface area contributed by atoms with E-state index in [0.717, 1.165) is 27.5 Å². The van der Waals surface area contributed by atoms with Crippen LogP contribution in [0.15, 0.2) is 36.0 Å². The van der Waals surface area contributed by atoms with Gasteiger partial charge in [0.25, 0.3) is 0 Å². The van der Waals surface area contributed by atoms with Gasteiger partial charge in [-0.1, -0.05) is 12.1 Å². The first kappa shape index (κ1) is 13.1. The van der Waals surface area contributed by atoms with Crippen molar-refractivity contribution in [2.24, 2.45) is 5.73 Å². The van der Waals surface area contributed by atoms with Crippen LogP contribution in [0.4, 0.5) is 0 Å². The number of benzene rings is 1. The number of ether oxygens (including phenoxy) is 1. The second-order valence-corrected chi connectivity index (χ2v) is 5.80. The van der Waals surface area contributed by atoms with Gasteiger partial charge in [-0.25, -0.2) is 4.98 Å². The molecule has 0 radical (unpaired) electrons. The molecule has 1 aromatic carbocycles. The number of rotatable bonds is 4. The number of aryl methyl sites for hydroxylation is 1. The minimum Gasteiger partial charge on any atom is -0.487 e. The van der Waals surface area contributed by atoms with Crippen molar-refractivity contribution < 1.29 is 4.74 Å². The van der Waals surface area contributed by atoms with E-state index in [0.29, 0.717) is 6.61 Å². The Morgan fingerprint density at radius 3 is 3.00 bits per heavy atom. The maximum Gasteiger partial charge on any atom is 0.193 e. The average molecular weight is 287 g/mol. The summed E-state index contributed by atoms with van der Waals surface area (Å²) in [6, 6.07) is 6.11. The lowest BCUT2D eigenvalue weighted by molar-refractivity contribution is 0.300. The van der Waals surface area contributed by atoms with E-state index in [9.17, 15) is 0 Å². The largest absolute Gasteiger partial charge is 0.487 e. The van der Waals surface area contributed by atoms with Crippen molar-refractivity contribution in [2.45, 2.75) is 26.5 Å². The third-order valence-electron chi connectivity index (χ3n) is 3.24. The van der Waals surface area contributed by atoms with Gasteiger partial charge in [0.15, 0.2) is 4.96 Å². The molecule has 0 amide bonds. The summed E-state index contributed by atoms with van der Waals surface area (Å²) in [5.41, 5.74) is 9.03. The van der Waals surface area contributed by atoms with Crippen molar-refractivity contribution in [3.8, 4) is 5.75 Å². The Morgan fingerprint density at radius 2 is 2.30 bits per heavy atom. The standard InChI is InChI=1S/C15H17N3OS/c1-10-7-12(11(2)16)3-4-14(10)19-9-13-8-18-5-6-20-15(18)17-13/h3-8,11H,9,16H2,1-2H3/t11-/m0/s1. The Bertz CT molecular complexity index is 701. The Labute approximate surface area is 121 Å². The van der Waals surface area contributed by atoms with Gasteiger partial charge in [0.05, 0.1) is 5.69 Å². The summed E-state index contributed by atoms with van der Waals surface area (Å²) in [5.74, 6) is 0.880. The topological polar surface area (TPSA) is 52.5 Å². The number of hydrogen-bond acceptors (Lipinski definition) is 4. The van der Waals surface area contributed by atoms with E-state index < -0.39 is 0 Å². The maximum absolute atomic E-state index is 5.88. The SMILES string of the molecule is Cc1cc([C@H](C)N)ccc1OCc1cn2ccsc2n1. The summed E-state index contributed by atoms with van der Waals surface area (Å²) in [6.07, 6.45) is 4.00. The number of nitrogens with two attached hydrogens (primary N) is 1. The van der Waals surface area contributed by atoms with Crippen molar-refractivity contribution in [1.29, 1.82) is 0 Å². The van der Waals surface area contributed by atoms with Crippen molar-refractivity contribution in [2.75, 3.05) is 0 Å². The van der Waals surface area contributed by atoms with Crippen molar-refractivity contribution in [3.05, 3.63) is 52.8 Å². The van der Waals surface area contributed by atoms with Crippen LogP contribution in [0.25, 0.3) is 4.96 Å². The van der Waals surface area contributed by atoms with Crippen LogP contribution in [0.2, 0.25) is 0 Å². The first-order valence-electron chi connectivity index (χ1n) is 6.53. The molecule has 0 spiro atoms. The normalized spacial score (nSPS) is 12.8. The zero-order chi connectivity index (χ0) is 14.1. The lowest BCUT2D eigenvalue weighted by Gasteiger charge is -2.11. The molecule has 3 rings (SSSR count). The fourth-order valence-electron chi connectivity index (χ4n) is 2.12. The molecule has 104 valence electrons. The maximum atomic E-state index is 5.88. The first-order chi connectivity index (χ1) is 9.63. The van der Waals surface area contributed by atoms with E-state index >= 15 is 0 Å². The van der Waals surface area contributed by atoms with Gasteiger partial charge in [0, 0.05) is 23.8 Å². The Hall–Kier alpha value is -1.85. The minimum atomic E-state index is 0.0441. The van der Waals surface area contributed by atoms with E-state index in [1.54, 1.807) is 11.3 Å². The highest BCUT2D eigenvalue weighted by Crippen LogP contribution is 2.23. The zero-order valence-corrected chi connectivity index (χ0v) is 12.4. The minimum absolute atomic E-state index is 0.0441. The number of aromatic nitrogens is 2. The molecule has 20 heavy (non-hydrogen) atoms. The van der Waals surface area contributed by atoms with E-state index in [-0.39, 0.29) is 6.04 Å². The third kappa shape index (κ3) is 2.55. The predicted octanol–water partition coefficient (Wildman–Crippen LogP) is 3.30. The average Bonchev–Trinajstić information content (AvgIpc) is 2.97. The second kappa shape index (κ2) is 5.26. The fourth-order valence-corrected chi connectivity index (χ4v) is 2.83. The molecule has 1 atom stereocenters. The molecule has 0 aliphatic heterocycles. The quantitative estimate of drug-likeness (QED) is 0.801. The highest BCUT2D eigenvalue weighted by molar-refractivity contribution is 7.15. The first-order valence-corrected chi connectivity index (χ1v) is 7.41. The molecule has 0 saturated heterocycles. The van der Waals surface area contributed by atoms with Crippen molar-refractivity contribution >= 4 is 16.3 Å². The van der Waals surface area contributed by atoms with Gasteiger partial charge < -0.3 is 10.5 Å². The van der Waals surface area contributed by atoms with Crippen LogP contribution in [0.5, 0.6) is 5.75 Å². The molecule has 0 saturated carbocycles. The van der Waals surface area contributed by atoms with Gasteiger partial charge in [-0.2, -0.15) is 0 Å². The van der Waals surface area contributed by atoms with Crippen LogP contribution < -0.4 is 10.5 Å². The van der Waals surface area contributed by atoms with E-state index in [1.807, 2.05) is 48.2 Å². The summed E-state index contributed by atoms with van der Waals surface area (Å²) in [7, 11) is 0. The van der Waals surface area contributed by atoms with Crippen LogP contribution in [0.3, 0.4) is 0 Å². The molecule has 5 heteroatoms. The van der Waals surface area contributed by atoms with Crippen LogP contribution in [0, 0.1) is 6.92 Å². The van der Waals surface area contributed by atoms with E-state index in [4.69, 9.17) is 10.5 Å². The molecule has 3 aromatic rings. The number of fused-ring (bicyclic) bond motifs is 1. The number of thiazole rings is 1. The van der Waals surface area contributed by atoms with Gasteiger partial charge in [-0.3, -0.25) is 4.40 Å². The second-order valence-electron chi connectivity index (χ2n) is 4.93. The van der Waals surface area contributed by atoms with Gasteiger partial charge in [0.2, 0.25) is 0 Å². The van der Waals surface area contributed by atoms with Gasteiger partial charge >= 0.3 is 0 Å². The molecule has 0 fully saturated rings. The van der Waals surface area contributed by atoms with Crippen LogP contribution >= 0.6 is 11.3 Å². The van der Waals surface area contributed by atoms with Crippen molar-refractivity contribution in [1.82, 2.24) is 9.38 Å². The molecule has 4 nitrogen and oxygen atoms in total. The summed E-state index contributed by atoms with van der Waals surface area (Å²) >= 11 is 1.62. The highest BCUT2D eigenvalue weighted by atomic mass is 32.1. The number of imidazole rings is 1. The Morgan fingerprint density at radius 1 is 1.45 bits per heavy atom. The monoisotopic (exact) mass is 287 g/mol. The fraction of sp³-hybridized carbons (Fsp3) is 0.267. The van der Waals surface area contributed by atoms with E-state index in [2.05, 4.69) is 11.1 Å². The lowest BCUT2D eigenvalue weighted by atomic mass is 10.1. The Balaban J connectivity index is 1.73.